The largest absolute Gasteiger partial charge is 0.457 e. The van der Waals surface area contributed by atoms with Crippen LogP contribution in [0.1, 0.15) is 32.3 Å². The highest BCUT2D eigenvalue weighted by Gasteiger charge is 2.42. The lowest BCUT2D eigenvalue weighted by atomic mass is 9.83. The summed E-state index contributed by atoms with van der Waals surface area (Å²) >= 11 is 0. The predicted molar refractivity (Wildman–Crippen MR) is 98.6 cm³/mol. The van der Waals surface area contributed by atoms with Crippen LogP contribution in [0.2, 0.25) is 0 Å². The van der Waals surface area contributed by atoms with E-state index in [2.05, 4.69) is 20.5 Å². The summed E-state index contributed by atoms with van der Waals surface area (Å²) in [5.41, 5.74) is 1.25. The molecule has 0 saturated heterocycles. The van der Waals surface area contributed by atoms with E-state index in [4.69, 9.17) is 9.37 Å². The number of nitrogens with one attached hydrogen (secondary N) is 1. The lowest BCUT2D eigenvalue weighted by Gasteiger charge is -2.27. The molecule has 0 spiro atoms. The van der Waals surface area contributed by atoms with Crippen LogP contribution < -0.4 is 5.32 Å². The van der Waals surface area contributed by atoms with Crippen molar-refractivity contribution in [3.63, 3.8) is 0 Å². The van der Waals surface area contributed by atoms with Crippen molar-refractivity contribution in [3.05, 3.63) is 66.7 Å². The molecule has 2 heterocycles. The molecule has 30 heavy (non-hydrogen) atoms. The Hall–Kier alpha value is -4.03. The number of benzene rings is 1. The third-order valence-electron chi connectivity index (χ3n) is 4.49. The average Bonchev–Trinajstić information content (AvgIpc) is 3.14. The number of nitro groups is 1. The predicted octanol–water partition coefficient (Wildman–Crippen LogP) is 1.83. The Morgan fingerprint density at radius 2 is 2.00 bits per heavy atom. The van der Waals surface area contributed by atoms with Crippen LogP contribution >= 0.6 is 0 Å². The van der Waals surface area contributed by atoms with Crippen LogP contribution in [0.15, 0.2) is 45.5 Å². The number of hydrogen-bond donors (Lipinski definition) is 1. The Morgan fingerprint density at radius 3 is 2.67 bits per heavy atom. The van der Waals surface area contributed by atoms with Crippen molar-refractivity contribution in [1.29, 1.82) is 0 Å². The van der Waals surface area contributed by atoms with E-state index in [0.29, 0.717) is 16.8 Å². The van der Waals surface area contributed by atoms with Crippen LogP contribution in [0.25, 0.3) is 11.0 Å². The lowest BCUT2D eigenvalue weighted by Crippen LogP contribution is -2.33. The molecule has 1 aliphatic heterocycles. The van der Waals surface area contributed by atoms with Gasteiger partial charge in [0.25, 0.3) is 10.8 Å². The number of carbonyl (C=O) groups excluding carboxylic acids is 1. The van der Waals surface area contributed by atoms with E-state index in [1.54, 1.807) is 25.1 Å². The van der Waals surface area contributed by atoms with Gasteiger partial charge in [0, 0.05) is 11.3 Å². The number of esters is 1. The van der Waals surface area contributed by atoms with E-state index >= 15 is 0 Å². The Morgan fingerprint density at radius 1 is 1.27 bits per heavy atom. The lowest BCUT2D eigenvalue weighted by molar-refractivity contribution is -0.759. The first-order chi connectivity index (χ1) is 14.2. The minimum atomic E-state index is -1.13. The fourth-order valence-corrected chi connectivity index (χ4v) is 3.30. The molecule has 0 bridgehead atoms. The Bertz CT molecular complexity index is 1090. The first-order valence-corrected chi connectivity index (χ1v) is 8.73. The maximum Gasteiger partial charge on any atom is 0.337 e. The number of allylic oxidation sites excluding steroid dienone is 3. The van der Waals surface area contributed by atoms with E-state index in [1.807, 2.05) is 0 Å². The fraction of sp³-hybridized carbons (Fsp3) is 0.353. The van der Waals surface area contributed by atoms with Gasteiger partial charge >= 0.3 is 5.97 Å². The molecular weight excluding hydrogens is 402 g/mol. The van der Waals surface area contributed by atoms with Gasteiger partial charge in [0.05, 0.1) is 16.2 Å². The number of dihydropyridines is 1. The zero-order valence-electron chi connectivity index (χ0n) is 16.1. The zero-order chi connectivity index (χ0) is 22.0. The highest BCUT2D eigenvalue weighted by atomic mass is 17.0. The number of carbonyl (C=O) groups is 1. The van der Waals surface area contributed by atoms with Gasteiger partial charge in [0.2, 0.25) is 0 Å². The molecule has 158 valence electrons. The van der Waals surface area contributed by atoms with E-state index in [9.17, 15) is 25.0 Å². The van der Waals surface area contributed by atoms with Crippen LogP contribution in [0.4, 0.5) is 0 Å². The number of rotatable bonds is 7. The van der Waals surface area contributed by atoms with E-state index in [1.165, 1.54) is 13.8 Å². The van der Waals surface area contributed by atoms with Gasteiger partial charge in [-0.1, -0.05) is 12.1 Å². The summed E-state index contributed by atoms with van der Waals surface area (Å²) in [6, 6.07) is 4.81. The highest BCUT2D eigenvalue weighted by Crippen LogP contribution is 2.41. The molecule has 13 nitrogen and oxygen atoms in total. The standard InChI is InChI=1S/C17H17N5O8/c1-8(7-28-22(26)27)29-17(23)13-9(2)18-10(3)16(21(24)25)14(13)11-5-4-6-12-15(11)20-30-19-12/h4-6,8,14,18H,7H2,1-3H3/t8-,14+/m0/s1. The summed E-state index contributed by atoms with van der Waals surface area (Å²) in [4.78, 5) is 38.8. The van der Waals surface area contributed by atoms with Crippen molar-refractivity contribution >= 4 is 17.0 Å². The third kappa shape index (κ3) is 3.90. The number of aromatic nitrogens is 2. The molecule has 0 fully saturated rings. The van der Waals surface area contributed by atoms with Crippen LogP contribution in [-0.2, 0) is 14.4 Å². The van der Waals surface area contributed by atoms with Gasteiger partial charge in [-0.25, -0.2) is 9.42 Å². The molecule has 0 aliphatic carbocycles. The second kappa shape index (κ2) is 8.14. The van der Waals surface area contributed by atoms with Crippen molar-refractivity contribution in [2.75, 3.05) is 6.61 Å². The first-order valence-electron chi connectivity index (χ1n) is 8.73. The average molecular weight is 419 g/mol. The topological polar surface area (TPSA) is 173 Å². The van der Waals surface area contributed by atoms with Gasteiger partial charge in [0.15, 0.2) is 0 Å². The van der Waals surface area contributed by atoms with Gasteiger partial charge in [0.1, 0.15) is 29.7 Å². The minimum absolute atomic E-state index is 0.0317. The molecule has 2 atom stereocenters. The Kier molecular flexibility index (Phi) is 5.62. The molecule has 1 aromatic carbocycles. The van der Waals surface area contributed by atoms with E-state index in [0.717, 1.165) is 0 Å². The molecular formula is C17H17N5O8. The quantitative estimate of drug-likeness (QED) is 0.394. The summed E-state index contributed by atoms with van der Waals surface area (Å²) < 4.78 is 9.99. The van der Waals surface area contributed by atoms with Crippen molar-refractivity contribution in [2.45, 2.75) is 32.8 Å². The molecule has 2 aromatic rings. The first kappa shape index (κ1) is 20.7. The molecule has 1 aromatic heterocycles. The number of ether oxygens (including phenoxy) is 1. The molecule has 0 saturated carbocycles. The molecule has 3 rings (SSSR count). The van der Waals surface area contributed by atoms with Crippen LogP contribution in [-0.4, -0.2) is 39.0 Å². The van der Waals surface area contributed by atoms with Crippen LogP contribution in [0.5, 0.6) is 0 Å². The maximum atomic E-state index is 12.9. The maximum absolute atomic E-state index is 12.9. The van der Waals surface area contributed by atoms with Gasteiger partial charge in [-0.05, 0) is 37.2 Å². The van der Waals surface area contributed by atoms with Crippen molar-refractivity contribution < 1.29 is 29.0 Å². The second-order valence-electron chi connectivity index (χ2n) is 6.58. The third-order valence-corrected chi connectivity index (χ3v) is 4.49. The van der Waals surface area contributed by atoms with Gasteiger partial charge in [-0.2, -0.15) is 0 Å². The molecule has 1 aliphatic rings. The van der Waals surface area contributed by atoms with Gasteiger partial charge in [-0.15, -0.1) is 10.1 Å². The number of nitrogens with zero attached hydrogens (tertiary/aromatic N) is 4. The number of hydrogen-bond acceptors (Lipinski definition) is 11. The summed E-state index contributed by atoms with van der Waals surface area (Å²) in [5, 5.41) is 31.6. The van der Waals surface area contributed by atoms with Crippen molar-refractivity contribution in [1.82, 2.24) is 15.6 Å². The fourth-order valence-electron chi connectivity index (χ4n) is 3.30. The summed E-state index contributed by atoms with van der Waals surface area (Å²) in [6.45, 7) is 4.01. The smallest absolute Gasteiger partial charge is 0.337 e. The SMILES string of the molecule is CC1=C(C(=O)O[C@@H](C)CO[N+](=O)[O-])[C@@H](c2cccc3nonc23)C([N+](=O)[O-])=C(C)N1. The Balaban J connectivity index is 2.06. The zero-order valence-corrected chi connectivity index (χ0v) is 16.1. The summed E-state index contributed by atoms with van der Waals surface area (Å²) in [6.07, 6.45) is -0.973. The Labute approximate surface area is 168 Å². The highest BCUT2D eigenvalue weighted by molar-refractivity contribution is 5.94. The van der Waals surface area contributed by atoms with E-state index < -0.39 is 34.6 Å². The molecule has 1 N–H and O–H groups in total. The monoisotopic (exact) mass is 419 g/mol. The summed E-state index contributed by atoms with van der Waals surface area (Å²) in [7, 11) is 0. The molecule has 0 amide bonds. The van der Waals surface area contributed by atoms with Gasteiger partial charge in [-0.3, -0.25) is 10.1 Å². The van der Waals surface area contributed by atoms with Crippen LogP contribution in [0.3, 0.4) is 0 Å². The summed E-state index contributed by atoms with van der Waals surface area (Å²) in [5.74, 6) is -2.02. The van der Waals surface area contributed by atoms with Gasteiger partial charge < -0.3 is 14.9 Å². The molecule has 13 heteroatoms. The molecule has 0 unspecified atom stereocenters. The van der Waals surface area contributed by atoms with Crippen LogP contribution in [0, 0.1) is 20.2 Å². The minimum Gasteiger partial charge on any atom is -0.457 e. The number of fused-ring (bicyclic) bond motifs is 1. The molecule has 0 radical (unpaired) electrons. The van der Waals surface area contributed by atoms with Crippen molar-refractivity contribution in [2.24, 2.45) is 0 Å². The second-order valence-corrected chi connectivity index (χ2v) is 6.58. The van der Waals surface area contributed by atoms with E-state index in [-0.39, 0.29) is 22.5 Å². The van der Waals surface area contributed by atoms with Crippen molar-refractivity contribution in [3.8, 4) is 0 Å². The normalized spacial score (nSPS) is 17.5.